The van der Waals surface area contributed by atoms with Crippen LogP contribution in [-0.4, -0.2) is 43.1 Å². The summed E-state index contributed by atoms with van der Waals surface area (Å²) in [4.78, 5) is 16.6. The maximum atomic E-state index is 12.9. The fraction of sp³-hybridized carbons (Fsp3) is 0.273. The molecule has 0 bridgehead atoms. The molecule has 2 aromatic carbocycles. The number of fused-ring (bicyclic) bond motifs is 1. The summed E-state index contributed by atoms with van der Waals surface area (Å²) in [6, 6.07) is 13.3. The lowest BCUT2D eigenvalue weighted by atomic mass is 9.97. The number of nitrogens with one attached hydrogen (secondary N) is 1. The highest BCUT2D eigenvalue weighted by molar-refractivity contribution is 7.89. The zero-order valence-electron chi connectivity index (χ0n) is 17.2. The number of hydrogen-bond acceptors (Lipinski definition) is 5. The van der Waals surface area contributed by atoms with E-state index in [1.165, 1.54) is 16.4 Å². The van der Waals surface area contributed by atoms with Gasteiger partial charge in [0.25, 0.3) is 0 Å². The average Bonchev–Trinajstić information content (AvgIpc) is 2.78. The number of piperidine rings is 1. The Bertz CT molecular complexity index is 1270. The second kappa shape index (κ2) is 8.99. The number of carbonyl (C=O) groups is 1. The number of benzene rings is 2. The first kappa shape index (κ1) is 23.0. The molecule has 7 nitrogen and oxygen atoms in total. The third-order valence-electron chi connectivity index (χ3n) is 5.37. The molecular formula is C22H20F3N3O4S. The van der Waals surface area contributed by atoms with E-state index in [4.69, 9.17) is 0 Å². The van der Waals surface area contributed by atoms with Crippen molar-refractivity contribution in [1.29, 1.82) is 0 Å². The minimum absolute atomic E-state index is 0.0758. The molecule has 2 heterocycles. The van der Waals surface area contributed by atoms with Crippen molar-refractivity contribution in [3.8, 4) is 5.75 Å². The molecule has 1 fully saturated rings. The summed E-state index contributed by atoms with van der Waals surface area (Å²) in [5.41, 5.74) is 1.43. The van der Waals surface area contributed by atoms with Gasteiger partial charge in [0.1, 0.15) is 5.75 Å². The minimum atomic E-state index is -4.92. The van der Waals surface area contributed by atoms with Gasteiger partial charge in [0.15, 0.2) is 0 Å². The number of anilines is 1. The molecule has 0 unspecified atom stereocenters. The molecule has 3 aromatic rings. The Hall–Kier alpha value is -3.18. The number of nitrogens with zero attached hydrogens (tertiary/aromatic N) is 2. The molecule has 11 heteroatoms. The summed E-state index contributed by atoms with van der Waals surface area (Å²) in [5, 5.41) is 3.74. The summed E-state index contributed by atoms with van der Waals surface area (Å²) in [7, 11) is -4.03. The van der Waals surface area contributed by atoms with E-state index >= 15 is 0 Å². The zero-order valence-corrected chi connectivity index (χ0v) is 18.1. The van der Waals surface area contributed by atoms with Crippen LogP contribution in [0.15, 0.2) is 65.7 Å². The Morgan fingerprint density at radius 1 is 1.06 bits per heavy atom. The van der Waals surface area contributed by atoms with Crippen LogP contribution in [0.5, 0.6) is 5.75 Å². The average molecular weight is 479 g/mol. The first-order chi connectivity index (χ1) is 15.6. The number of rotatable bonds is 5. The maximum absolute atomic E-state index is 12.9. The van der Waals surface area contributed by atoms with Crippen LogP contribution in [0.25, 0.3) is 10.9 Å². The van der Waals surface area contributed by atoms with Crippen molar-refractivity contribution < 1.29 is 31.1 Å². The van der Waals surface area contributed by atoms with Gasteiger partial charge in [-0.2, -0.15) is 4.31 Å². The lowest BCUT2D eigenvalue weighted by molar-refractivity contribution is -0.274. The first-order valence-electron chi connectivity index (χ1n) is 10.1. The highest BCUT2D eigenvalue weighted by Gasteiger charge is 2.34. The summed E-state index contributed by atoms with van der Waals surface area (Å²) in [5.74, 6) is -1.21. The SMILES string of the molecule is O=C(Nc1ccc2ncccc2c1)C1CCN(S(=O)(=O)c2cccc(OC(F)(F)F)c2)CC1. The summed E-state index contributed by atoms with van der Waals surface area (Å²) in [6.45, 7) is 0.152. The summed E-state index contributed by atoms with van der Waals surface area (Å²) < 4.78 is 68.1. The zero-order chi connectivity index (χ0) is 23.6. The van der Waals surface area contributed by atoms with E-state index in [0.29, 0.717) is 18.5 Å². The summed E-state index contributed by atoms with van der Waals surface area (Å²) >= 11 is 0. The van der Waals surface area contributed by atoms with Crippen molar-refractivity contribution in [3.05, 3.63) is 60.8 Å². The van der Waals surface area contributed by atoms with Crippen molar-refractivity contribution in [1.82, 2.24) is 9.29 Å². The molecule has 1 saturated heterocycles. The van der Waals surface area contributed by atoms with Crippen LogP contribution in [0.3, 0.4) is 0 Å². The summed E-state index contributed by atoms with van der Waals surface area (Å²) in [6.07, 6.45) is -2.66. The lowest BCUT2D eigenvalue weighted by Crippen LogP contribution is -2.41. The van der Waals surface area contributed by atoms with Gasteiger partial charge in [-0.15, -0.1) is 13.2 Å². The number of halogens is 3. The van der Waals surface area contributed by atoms with Crippen molar-refractivity contribution in [2.24, 2.45) is 5.92 Å². The number of ether oxygens (including phenoxy) is 1. The fourth-order valence-corrected chi connectivity index (χ4v) is 5.24. The number of sulfonamides is 1. The maximum Gasteiger partial charge on any atom is 0.573 e. The van der Waals surface area contributed by atoms with Crippen LogP contribution in [0, 0.1) is 5.92 Å². The van der Waals surface area contributed by atoms with E-state index in [1.54, 1.807) is 24.4 Å². The van der Waals surface area contributed by atoms with Gasteiger partial charge in [-0.1, -0.05) is 12.1 Å². The molecular weight excluding hydrogens is 459 g/mol. The number of pyridine rings is 1. The Balaban J connectivity index is 1.39. The van der Waals surface area contributed by atoms with Crippen molar-refractivity contribution in [2.75, 3.05) is 18.4 Å². The predicted octanol–water partition coefficient (Wildman–Crippen LogP) is 4.17. The Labute approximate surface area is 188 Å². The fourth-order valence-electron chi connectivity index (χ4n) is 3.74. The second-order valence-electron chi connectivity index (χ2n) is 7.60. The second-order valence-corrected chi connectivity index (χ2v) is 9.54. The van der Waals surface area contributed by atoms with E-state index in [2.05, 4.69) is 15.0 Å². The number of alkyl halides is 3. The topological polar surface area (TPSA) is 88.6 Å². The van der Waals surface area contributed by atoms with E-state index in [0.717, 1.165) is 23.0 Å². The molecule has 1 N–H and O–H groups in total. The van der Waals surface area contributed by atoms with Gasteiger partial charge in [-0.3, -0.25) is 9.78 Å². The smallest absolute Gasteiger partial charge is 0.406 e. The highest BCUT2D eigenvalue weighted by Crippen LogP contribution is 2.29. The van der Waals surface area contributed by atoms with E-state index in [1.807, 2.05) is 12.1 Å². The van der Waals surface area contributed by atoms with Crippen molar-refractivity contribution in [2.45, 2.75) is 24.1 Å². The van der Waals surface area contributed by atoms with Gasteiger partial charge in [0.05, 0.1) is 10.4 Å². The number of amides is 1. The molecule has 0 aliphatic carbocycles. The van der Waals surface area contributed by atoms with E-state index in [9.17, 15) is 26.4 Å². The number of aromatic nitrogens is 1. The molecule has 0 atom stereocenters. The van der Waals surface area contributed by atoms with Gasteiger partial charge in [-0.25, -0.2) is 8.42 Å². The molecule has 1 amide bonds. The molecule has 1 aliphatic heterocycles. The molecule has 1 aromatic heterocycles. The van der Waals surface area contributed by atoms with E-state index in [-0.39, 0.29) is 29.8 Å². The quantitative estimate of drug-likeness (QED) is 0.593. The van der Waals surface area contributed by atoms with Gasteiger partial charge < -0.3 is 10.1 Å². The van der Waals surface area contributed by atoms with Crippen LogP contribution < -0.4 is 10.1 Å². The molecule has 33 heavy (non-hydrogen) atoms. The van der Waals surface area contributed by atoms with Crippen molar-refractivity contribution >= 4 is 32.5 Å². The van der Waals surface area contributed by atoms with Crippen LogP contribution in [0.1, 0.15) is 12.8 Å². The lowest BCUT2D eigenvalue weighted by Gasteiger charge is -2.30. The van der Waals surface area contributed by atoms with Crippen LogP contribution >= 0.6 is 0 Å². The van der Waals surface area contributed by atoms with Gasteiger partial charge in [0.2, 0.25) is 15.9 Å². The number of hydrogen-bond donors (Lipinski definition) is 1. The van der Waals surface area contributed by atoms with Gasteiger partial charge in [0, 0.05) is 42.3 Å². The molecule has 0 saturated carbocycles. The Morgan fingerprint density at radius 3 is 2.55 bits per heavy atom. The van der Waals surface area contributed by atoms with Gasteiger partial charge >= 0.3 is 6.36 Å². The molecule has 1 aliphatic rings. The van der Waals surface area contributed by atoms with E-state index < -0.39 is 22.1 Å². The van der Waals surface area contributed by atoms with Gasteiger partial charge in [-0.05, 0) is 49.2 Å². The normalized spacial score (nSPS) is 16.0. The highest BCUT2D eigenvalue weighted by atomic mass is 32.2. The molecule has 4 rings (SSSR count). The van der Waals surface area contributed by atoms with Crippen LogP contribution in [0.2, 0.25) is 0 Å². The monoisotopic (exact) mass is 479 g/mol. The Morgan fingerprint density at radius 2 is 1.82 bits per heavy atom. The van der Waals surface area contributed by atoms with Crippen LogP contribution in [-0.2, 0) is 14.8 Å². The Kier molecular flexibility index (Phi) is 6.26. The molecule has 0 radical (unpaired) electrons. The first-order valence-corrected chi connectivity index (χ1v) is 11.6. The predicted molar refractivity (Wildman–Crippen MR) is 115 cm³/mol. The standard InChI is InChI=1S/C22H20F3N3O4S/c23-22(24,25)32-18-4-1-5-19(14-18)33(30,31)28-11-8-15(9-12-28)21(29)27-17-6-7-20-16(13-17)3-2-10-26-20/h1-7,10,13-15H,8-9,11-12H2,(H,27,29). The van der Waals surface area contributed by atoms with Crippen LogP contribution in [0.4, 0.5) is 18.9 Å². The third-order valence-corrected chi connectivity index (χ3v) is 7.27. The third kappa shape index (κ3) is 5.42. The van der Waals surface area contributed by atoms with Crippen molar-refractivity contribution in [3.63, 3.8) is 0 Å². The largest absolute Gasteiger partial charge is 0.573 e. The molecule has 174 valence electrons. The number of carbonyl (C=O) groups excluding carboxylic acids is 1. The molecule has 0 spiro atoms. The minimum Gasteiger partial charge on any atom is -0.406 e.